The molecular weight excluding hydrogens is 620 g/mol. The fraction of sp³-hybridized carbons (Fsp3) is 0.0909. The number of hydrogen-bond acceptors (Lipinski definition) is 7. The Balaban J connectivity index is 1.25. The topological polar surface area (TPSA) is 108 Å². The van der Waals surface area contributed by atoms with Crippen LogP contribution >= 0.6 is 27.5 Å². The summed E-state index contributed by atoms with van der Waals surface area (Å²) in [5.74, 6) is 0.245. The lowest BCUT2D eigenvalue weighted by Gasteiger charge is -2.26. The van der Waals surface area contributed by atoms with E-state index >= 15 is 0 Å². The number of nitriles is 1. The van der Waals surface area contributed by atoms with Crippen LogP contribution in [0.1, 0.15) is 38.7 Å². The molecule has 0 saturated heterocycles. The van der Waals surface area contributed by atoms with Crippen molar-refractivity contribution in [3.05, 3.63) is 134 Å². The first kappa shape index (κ1) is 27.5. The van der Waals surface area contributed by atoms with Gasteiger partial charge in [-0.2, -0.15) is 5.26 Å². The average molecular weight is 642 g/mol. The standard InChI is InChI=1S/C33H22BrClN2O5/c1-18-24-12-8-21(34)14-28(24)41-31(18)33(38)40-23-11-13-25-29(15-23)42-32(37)26(16-36)30(25)19-6-9-22(10-7-19)39-17-20-4-2-3-5-27(20)35/h2-15,30H,17,37H2,1H3. The molecule has 0 bridgehead atoms. The lowest BCUT2D eigenvalue weighted by Crippen LogP contribution is -2.21. The van der Waals surface area contributed by atoms with E-state index in [-0.39, 0.29) is 23.0 Å². The lowest BCUT2D eigenvalue weighted by atomic mass is 9.83. The zero-order chi connectivity index (χ0) is 29.4. The van der Waals surface area contributed by atoms with Gasteiger partial charge in [0, 0.05) is 37.6 Å². The first-order valence-electron chi connectivity index (χ1n) is 12.9. The van der Waals surface area contributed by atoms with Gasteiger partial charge in [-0.15, -0.1) is 0 Å². The molecule has 2 heterocycles. The van der Waals surface area contributed by atoms with Crippen LogP contribution in [0.25, 0.3) is 11.0 Å². The number of carbonyl (C=O) groups is 1. The molecule has 0 fully saturated rings. The van der Waals surface area contributed by atoms with E-state index in [0.717, 1.165) is 21.0 Å². The summed E-state index contributed by atoms with van der Waals surface area (Å²) < 4.78 is 24.0. The summed E-state index contributed by atoms with van der Waals surface area (Å²) in [6.45, 7) is 2.13. The summed E-state index contributed by atoms with van der Waals surface area (Å²) in [7, 11) is 0. The Bertz CT molecular complexity index is 1920. The SMILES string of the molecule is Cc1c(C(=O)Oc2ccc3c(c2)OC(N)=C(C#N)C3c2ccc(OCc3ccccc3Cl)cc2)oc2cc(Br)ccc12. The van der Waals surface area contributed by atoms with E-state index in [1.165, 1.54) is 0 Å². The van der Waals surface area contributed by atoms with Crippen molar-refractivity contribution in [2.45, 2.75) is 19.4 Å². The maximum absolute atomic E-state index is 13.0. The van der Waals surface area contributed by atoms with Gasteiger partial charge in [0.1, 0.15) is 41.1 Å². The van der Waals surface area contributed by atoms with Gasteiger partial charge in [-0.3, -0.25) is 0 Å². The number of nitrogens with zero attached hydrogens (tertiary/aromatic N) is 1. The molecule has 0 saturated carbocycles. The second kappa shape index (κ2) is 11.3. The second-order valence-corrected chi connectivity index (χ2v) is 11.0. The van der Waals surface area contributed by atoms with Crippen LogP contribution in [0.4, 0.5) is 0 Å². The molecule has 4 aromatic carbocycles. The Morgan fingerprint density at radius 1 is 1.05 bits per heavy atom. The minimum absolute atomic E-state index is 0.0174. The number of nitrogens with two attached hydrogens (primary N) is 1. The van der Waals surface area contributed by atoms with Crippen molar-refractivity contribution in [1.82, 2.24) is 0 Å². The summed E-state index contributed by atoms with van der Waals surface area (Å²) >= 11 is 9.65. The Labute approximate surface area is 254 Å². The van der Waals surface area contributed by atoms with E-state index in [2.05, 4.69) is 22.0 Å². The highest BCUT2D eigenvalue weighted by Crippen LogP contribution is 2.44. The first-order chi connectivity index (χ1) is 20.3. The zero-order valence-corrected chi connectivity index (χ0v) is 24.5. The van der Waals surface area contributed by atoms with E-state index in [0.29, 0.717) is 39.8 Å². The van der Waals surface area contributed by atoms with E-state index in [1.807, 2.05) is 60.7 Å². The molecule has 7 nitrogen and oxygen atoms in total. The van der Waals surface area contributed by atoms with E-state index in [4.69, 9.17) is 36.0 Å². The van der Waals surface area contributed by atoms with E-state index < -0.39 is 11.9 Å². The van der Waals surface area contributed by atoms with Crippen molar-refractivity contribution in [1.29, 1.82) is 5.26 Å². The number of ether oxygens (including phenoxy) is 3. The molecule has 42 heavy (non-hydrogen) atoms. The Morgan fingerprint density at radius 2 is 1.81 bits per heavy atom. The van der Waals surface area contributed by atoms with Gasteiger partial charge >= 0.3 is 5.97 Å². The van der Waals surface area contributed by atoms with Crippen LogP contribution in [0.15, 0.2) is 105 Å². The number of aryl methyl sites for hydroxylation is 1. The maximum atomic E-state index is 13.0. The fourth-order valence-corrected chi connectivity index (χ4v) is 5.45. The van der Waals surface area contributed by atoms with Gasteiger partial charge < -0.3 is 24.4 Å². The lowest BCUT2D eigenvalue weighted by molar-refractivity contribution is 0.0702. The van der Waals surface area contributed by atoms with Crippen molar-refractivity contribution in [2.75, 3.05) is 0 Å². The van der Waals surface area contributed by atoms with E-state index in [1.54, 1.807) is 31.2 Å². The molecular formula is C33H22BrClN2O5. The van der Waals surface area contributed by atoms with Crippen molar-refractivity contribution < 1.29 is 23.4 Å². The molecule has 0 aliphatic carbocycles. The molecule has 1 aromatic heterocycles. The molecule has 5 aromatic rings. The van der Waals surface area contributed by atoms with Gasteiger partial charge in [0.05, 0.1) is 5.92 Å². The van der Waals surface area contributed by atoms with Gasteiger partial charge in [-0.05, 0) is 55.0 Å². The summed E-state index contributed by atoms with van der Waals surface area (Å²) in [5.41, 5.74) is 10.1. The Hall–Kier alpha value is -4.71. The summed E-state index contributed by atoms with van der Waals surface area (Å²) in [6.07, 6.45) is 0. The quantitative estimate of drug-likeness (QED) is 0.147. The number of allylic oxidation sites excluding steroid dienone is 1. The number of benzene rings is 4. The number of fused-ring (bicyclic) bond motifs is 2. The highest BCUT2D eigenvalue weighted by molar-refractivity contribution is 9.10. The van der Waals surface area contributed by atoms with Crippen molar-refractivity contribution >= 4 is 44.5 Å². The van der Waals surface area contributed by atoms with Gasteiger partial charge in [0.15, 0.2) is 0 Å². The molecule has 1 aliphatic rings. The van der Waals surface area contributed by atoms with E-state index in [9.17, 15) is 10.1 Å². The first-order valence-corrected chi connectivity index (χ1v) is 14.1. The van der Waals surface area contributed by atoms with Crippen LogP contribution < -0.4 is 19.9 Å². The highest BCUT2D eigenvalue weighted by Gasteiger charge is 2.31. The Morgan fingerprint density at radius 3 is 2.57 bits per heavy atom. The predicted octanol–water partition coefficient (Wildman–Crippen LogP) is 8.17. The van der Waals surface area contributed by atoms with Crippen LogP contribution in [0.3, 0.4) is 0 Å². The minimum atomic E-state index is -0.638. The molecule has 6 rings (SSSR count). The molecule has 1 atom stereocenters. The van der Waals surface area contributed by atoms with Gasteiger partial charge in [-0.1, -0.05) is 63.9 Å². The molecule has 9 heteroatoms. The van der Waals surface area contributed by atoms with Crippen molar-refractivity contribution in [3.8, 4) is 23.3 Å². The summed E-state index contributed by atoms with van der Waals surface area (Å²) in [6, 6.07) is 27.6. The molecule has 0 amide bonds. The second-order valence-electron chi connectivity index (χ2n) is 9.66. The van der Waals surface area contributed by atoms with Crippen LogP contribution in [0.5, 0.6) is 17.2 Å². The van der Waals surface area contributed by atoms with Gasteiger partial charge in [-0.25, -0.2) is 4.79 Å². The van der Waals surface area contributed by atoms with Gasteiger partial charge in [0.2, 0.25) is 11.6 Å². The van der Waals surface area contributed by atoms with Crippen LogP contribution in [0.2, 0.25) is 5.02 Å². The molecule has 1 unspecified atom stereocenters. The third-order valence-electron chi connectivity index (χ3n) is 7.05. The smallest absolute Gasteiger partial charge is 0.379 e. The van der Waals surface area contributed by atoms with Crippen LogP contribution in [-0.4, -0.2) is 5.97 Å². The highest BCUT2D eigenvalue weighted by atomic mass is 79.9. The largest absolute Gasteiger partial charge is 0.489 e. The maximum Gasteiger partial charge on any atom is 0.379 e. The van der Waals surface area contributed by atoms with Crippen molar-refractivity contribution in [2.24, 2.45) is 5.73 Å². The van der Waals surface area contributed by atoms with Crippen LogP contribution in [-0.2, 0) is 6.61 Å². The molecule has 2 N–H and O–H groups in total. The minimum Gasteiger partial charge on any atom is -0.489 e. The number of carbonyl (C=O) groups excluding carboxylic acids is 1. The average Bonchev–Trinajstić information content (AvgIpc) is 3.31. The third-order valence-corrected chi connectivity index (χ3v) is 7.91. The normalized spacial score (nSPS) is 14.2. The number of furan rings is 1. The summed E-state index contributed by atoms with van der Waals surface area (Å²) in [4.78, 5) is 13.0. The fourth-order valence-electron chi connectivity index (χ4n) is 4.92. The summed E-state index contributed by atoms with van der Waals surface area (Å²) in [5, 5.41) is 11.4. The molecule has 0 radical (unpaired) electrons. The number of hydrogen-bond donors (Lipinski definition) is 1. The zero-order valence-electron chi connectivity index (χ0n) is 22.2. The molecule has 208 valence electrons. The van der Waals surface area contributed by atoms with Crippen LogP contribution in [0, 0.1) is 18.3 Å². The number of esters is 1. The Kier molecular flexibility index (Phi) is 7.38. The number of halogens is 2. The monoisotopic (exact) mass is 640 g/mol. The van der Waals surface area contributed by atoms with Crippen molar-refractivity contribution in [3.63, 3.8) is 0 Å². The number of rotatable bonds is 6. The molecule has 0 spiro atoms. The molecule has 1 aliphatic heterocycles. The van der Waals surface area contributed by atoms with Gasteiger partial charge in [0.25, 0.3) is 0 Å². The predicted molar refractivity (Wildman–Crippen MR) is 162 cm³/mol. The third kappa shape index (κ3) is 5.20.